The molecule has 2 rings (SSSR count). The molecule has 2 heteroatoms. The van der Waals surface area contributed by atoms with E-state index in [4.69, 9.17) is 5.73 Å². The summed E-state index contributed by atoms with van der Waals surface area (Å²) >= 11 is 0. The topological polar surface area (TPSA) is 29.3 Å². The van der Waals surface area contributed by atoms with Gasteiger partial charge in [0.1, 0.15) is 0 Å². The lowest BCUT2D eigenvalue weighted by atomic mass is 9.88. The lowest BCUT2D eigenvalue weighted by molar-refractivity contribution is 0.0974. The summed E-state index contributed by atoms with van der Waals surface area (Å²) in [5.41, 5.74) is 5.94. The van der Waals surface area contributed by atoms with Crippen LogP contribution >= 0.6 is 0 Å². The third-order valence-corrected chi connectivity index (χ3v) is 4.76. The van der Waals surface area contributed by atoms with E-state index in [9.17, 15) is 0 Å². The van der Waals surface area contributed by atoms with Crippen molar-refractivity contribution in [2.45, 2.75) is 57.9 Å². The highest BCUT2D eigenvalue weighted by molar-refractivity contribution is 4.84. The molecule has 2 fully saturated rings. The third-order valence-electron chi connectivity index (χ3n) is 4.76. The Balaban J connectivity index is 1.83. The van der Waals surface area contributed by atoms with Crippen LogP contribution in [0.4, 0.5) is 0 Å². The van der Waals surface area contributed by atoms with E-state index in [1.807, 2.05) is 0 Å². The SMILES string of the molecule is CCC1CCN(CC2CCCC2)C(CN)C1. The minimum Gasteiger partial charge on any atom is -0.329 e. The van der Waals surface area contributed by atoms with Crippen LogP contribution in [0.5, 0.6) is 0 Å². The van der Waals surface area contributed by atoms with E-state index < -0.39 is 0 Å². The van der Waals surface area contributed by atoms with E-state index in [1.54, 1.807) is 0 Å². The maximum atomic E-state index is 5.94. The highest BCUT2D eigenvalue weighted by atomic mass is 15.2. The lowest BCUT2D eigenvalue weighted by Gasteiger charge is -2.40. The monoisotopic (exact) mass is 224 g/mol. The third kappa shape index (κ3) is 2.98. The van der Waals surface area contributed by atoms with Gasteiger partial charge in [0.2, 0.25) is 0 Å². The minimum atomic E-state index is 0.680. The van der Waals surface area contributed by atoms with Crippen LogP contribution in [-0.4, -0.2) is 30.6 Å². The normalized spacial score (nSPS) is 33.4. The van der Waals surface area contributed by atoms with Gasteiger partial charge in [0, 0.05) is 19.1 Å². The predicted octanol–water partition coefficient (Wildman–Crippen LogP) is 2.63. The first-order valence-corrected chi connectivity index (χ1v) is 7.27. The molecule has 2 nitrogen and oxygen atoms in total. The van der Waals surface area contributed by atoms with Gasteiger partial charge >= 0.3 is 0 Å². The Labute approximate surface area is 101 Å². The van der Waals surface area contributed by atoms with E-state index in [1.165, 1.54) is 58.0 Å². The summed E-state index contributed by atoms with van der Waals surface area (Å²) in [6.07, 6.45) is 9.94. The van der Waals surface area contributed by atoms with Crippen LogP contribution in [-0.2, 0) is 0 Å². The van der Waals surface area contributed by atoms with Gasteiger partial charge in [-0.2, -0.15) is 0 Å². The summed E-state index contributed by atoms with van der Waals surface area (Å²) in [7, 11) is 0. The Hall–Kier alpha value is -0.0800. The number of nitrogens with zero attached hydrogens (tertiary/aromatic N) is 1. The van der Waals surface area contributed by atoms with Crippen molar-refractivity contribution < 1.29 is 0 Å². The molecule has 0 amide bonds. The zero-order chi connectivity index (χ0) is 11.4. The quantitative estimate of drug-likeness (QED) is 0.795. The molecule has 1 saturated carbocycles. The van der Waals surface area contributed by atoms with Crippen LogP contribution in [0.25, 0.3) is 0 Å². The summed E-state index contributed by atoms with van der Waals surface area (Å²) in [6.45, 7) is 5.82. The molecule has 0 aromatic rings. The summed E-state index contributed by atoms with van der Waals surface area (Å²) in [5.74, 6) is 1.92. The molecule has 2 N–H and O–H groups in total. The molecule has 2 aliphatic rings. The molecular formula is C14H28N2. The van der Waals surface area contributed by atoms with Gasteiger partial charge in [-0.3, -0.25) is 4.90 Å². The molecule has 0 aromatic carbocycles. The molecule has 94 valence electrons. The summed E-state index contributed by atoms with van der Waals surface area (Å²) in [6, 6.07) is 0.680. The molecule has 1 aliphatic carbocycles. The first kappa shape index (κ1) is 12.4. The first-order chi connectivity index (χ1) is 7.83. The van der Waals surface area contributed by atoms with Crippen molar-refractivity contribution in [2.24, 2.45) is 17.6 Å². The Kier molecular flexibility index (Phi) is 4.66. The van der Waals surface area contributed by atoms with E-state index >= 15 is 0 Å². The van der Waals surface area contributed by atoms with E-state index in [2.05, 4.69) is 11.8 Å². The fourth-order valence-electron chi connectivity index (χ4n) is 3.56. The molecule has 16 heavy (non-hydrogen) atoms. The van der Waals surface area contributed by atoms with Crippen molar-refractivity contribution in [3.05, 3.63) is 0 Å². The Morgan fingerprint density at radius 2 is 1.88 bits per heavy atom. The molecule has 1 saturated heterocycles. The molecule has 2 atom stereocenters. The molecule has 1 aliphatic heterocycles. The zero-order valence-electron chi connectivity index (χ0n) is 10.8. The number of nitrogens with two attached hydrogens (primary N) is 1. The summed E-state index contributed by atoms with van der Waals surface area (Å²) in [4.78, 5) is 2.70. The minimum absolute atomic E-state index is 0.680. The molecule has 0 bridgehead atoms. The number of rotatable bonds is 4. The van der Waals surface area contributed by atoms with Gasteiger partial charge in [-0.05, 0) is 44.1 Å². The average Bonchev–Trinajstić information content (AvgIpc) is 2.82. The van der Waals surface area contributed by atoms with Gasteiger partial charge in [0.15, 0.2) is 0 Å². The van der Waals surface area contributed by atoms with Crippen LogP contribution in [0.2, 0.25) is 0 Å². The van der Waals surface area contributed by atoms with Crippen molar-refractivity contribution in [3.63, 3.8) is 0 Å². The van der Waals surface area contributed by atoms with Crippen molar-refractivity contribution in [1.82, 2.24) is 4.90 Å². The number of likely N-dealkylation sites (tertiary alicyclic amines) is 1. The van der Waals surface area contributed by atoms with E-state index in [0.29, 0.717) is 6.04 Å². The van der Waals surface area contributed by atoms with E-state index in [0.717, 1.165) is 18.4 Å². The second kappa shape index (κ2) is 6.02. The summed E-state index contributed by atoms with van der Waals surface area (Å²) < 4.78 is 0. The smallest absolute Gasteiger partial charge is 0.0221 e. The van der Waals surface area contributed by atoms with Crippen molar-refractivity contribution in [1.29, 1.82) is 0 Å². The molecular weight excluding hydrogens is 196 g/mol. The molecule has 2 unspecified atom stereocenters. The van der Waals surface area contributed by atoms with Gasteiger partial charge in [-0.25, -0.2) is 0 Å². The number of hydrogen-bond donors (Lipinski definition) is 1. The van der Waals surface area contributed by atoms with Gasteiger partial charge in [0.05, 0.1) is 0 Å². The first-order valence-electron chi connectivity index (χ1n) is 7.27. The Morgan fingerprint density at radius 1 is 1.12 bits per heavy atom. The number of hydrogen-bond acceptors (Lipinski definition) is 2. The van der Waals surface area contributed by atoms with Crippen LogP contribution in [0.3, 0.4) is 0 Å². The fraction of sp³-hybridized carbons (Fsp3) is 1.00. The van der Waals surface area contributed by atoms with E-state index in [-0.39, 0.29) is 0 Å². The van der Waals surface area contributed by atoms with Crippen molar-refractivity contribution in [2.75, 3.05) is 19.6 Å². The second-order valence-corrected chi connectivity index (χ2v) is 5.83. The van der Waals surface area contributed by atoms with Crippen LogP contribution in [0, 0.1) is 11.8 Å². The van der Waals surface area contributed by atoms with Gasteiger partial charge in [-0.1, -0.05) is 26.2 Å². The molecule has 1 heterocycles. The molecule has 0 radical (unpaired) electrons. The summed E-state index contributed by atoms with van der Waals surface area (Å²) in [5, 5.41) is 0. The van der Waals surface area contributed by atoms with Crippen LogP contribution < -0.4 is 5.73 Å². The van der Waals surface area contributed by atoms with Gasteiger partial charge in [-0.15, -0.1) is 0 Å². The Morgan fingerprint density at radius 3 is 2.50 bits per heavy atom. The fourth-order valence-corrected chi connectivity index (χ4v) is 3.56. The second-order valence-electron chi connectivity index (χ2n) is 5.83. The highest BCUT2D eigenvalue weighted by Crippen LogP contribution is 2.30. The standard InChI is InChI=1S/C14H28N2/c1-2-12-7-8-16(14(9-12)10-15)11-13-5-3-4-6-13/h12-14H,2-11,15H2,1H3. The molecule has 0 aromatic heterocycles. The predicted molar refractivity (Wildman–Crippen MR) is 69.4 cm³/mol. The average molecular weight is 224 g/mol. The van der Waals surface area contributed by atoms with Gasteiger partial charge in [0.25, 0.3) is 0 Å². The number of piperidine rings is 1. The maximum Gasteiger partial charge on any atom is 0.0221 e. The Bertz CT molecular complexity index is 199. The lowest BCUT2D eigenvalue weighted by Crippen LogP contribution is -2.48. The zero-order valence-corrected chi connectivity index (χ0v) is 10.8. The van der Waals surface area contributed by atoms with Crippen molar-refractivity contribution in [3.8, 4) is 0 Å². The maximum absolute atomic E-state index is 5.94. The van der Waals surface area contributed by atoms with Gasteiger partial charge < -0.3 is 5.73 Å². The van der Waals surface area contributed by atoms with Crippen molar-refractivity contribution >= 4 is 0 Å². The van der Waals surface area contributed by atoms with Crippen LogP contribution in [0.1, 0.15) is 51.9 Å². The molecule has 0 spiro atoms. The van der Waals surface area contributed by atoms with Crippen LogP contribution in [0.15, 0.2) is 0 Å². The largest absolute Gasteiger partial charge is 0.329 e. The highest BCUT2D eigenvalue weighted by Gasteiger charge is 2.28.